The molecule has 2 aliphatic rings. The summed E-state index contributed by atoms with van der Waals surface area (Å²) in [5, 5.41) is 9.64. The highest BCUT2D eigenvalue weighted by molar-refractivity contribution is 6.24. The van der Waals surface area contributed by atoms with E-state index in [4.69, 9.17) is 9.15 Å². The van der Waals surface area contributed by atoms with Gasteiger partial charge in [-0.05, 0) is 97.6 Å². The zero-order valence-corrected chi connectivity index (χ0v) is 27.2. The highest BCUT2D eigenvalue weighted by Gasteiger charge is 2.25. The van der Waals surface area contributed by atoms with Crippen molar-refractivity contribution in [3.63, 3.8) is 0 Å². The van der Waals surface area contributed by atoms with Gasteiger partial charge in [0.15, 0.2) is 0 Å². The lowest BCUT2D eigenvalue weighted by Crippen LogP contribution is -1.99. The van der Waals surface area contributed by atoms with Gasteiger partial charge >= 0.3 is 0 Å². The third-order valence-corrected chi connectivity index (χ3v) is 10.8. The van der Waals surface area contributed by atoms with Crippen molar-refractivity contribution in [2.45, 2.75) is 12.3 Å². The van der Waals surface area contributed by atoms with Gasteiger partial charge in [0.1, 0.15) is 22.7 Å². The highest BCUT2D eigenvalue weighted by Crippen LogP contribution is 2.51. The Morgan fingerprint density at radius 3 is 2.12 bits per heavy atom. The Morgan fingerprint density at radius 1 is 0.480 bits per heavy atom. The van der Waals surface area contributed by atoms with Gasteiger partial charge < -0.3 is 9.15 Å². The molecular weight excluding hydrogens is 609 g/mol. The number of fused-ring (bicyclic) bond motifs is 8. The average Bonchev–Trinajstić information content (AvgIpc) is 3.55. The van der Waals surface area contributed by atoms with Crippen LogP contribution in [0.4, 0.5) is 0 Å². The van der Waals surface area contributed by atoms with Gasteiger partial charge in [0.2, 0.25) is 0 Å². The van der Waals surface area contributed by atoms with Gasteiger partial charge in [0, 0.05) is 33.2 Å². The highest BCUT2D eigenvalue weighted by atomic mass is 16.5. The number of rotatable bonds is 3. The summed E-state index contributed by atoms with van der Waals surface area (Å²) in [7, 11) is 0. The molecule has 1 unspecified atom stereocenters. The van der Waals surface area contributed by atoms with Crippen LogP contribution in [0.2, 0.25) is 0 Å². The second-order valence-electron chi connectivity index (χ2n) is 13.6. The van der Waals surface area contributed by atoms with E-state index in [0.29, 0.717) is 5.92 Å². The summed E-state index contributed by atoms with van der Waals surface area (Å²) < 4.78 is 13.4. The summed E-state index contributed by atoms with van der Waals surface area (Å²) in [6, 6.07) is 52.2. The van der Waals surface area contributed by atoms with E-state index in [1.807, 2.05) is 0 Å². The number of hydrogen-bond donors (Lipinski definition) is 0. The summed E-state index contributed by atoms with van der Waals surface area (Å²) in [6.45, 7) is 0. The molecule has 1 aromatic heterocycles. The fourth-order valence-corrected chi connectivity index (χ4v) is 8.42. The molecule has 1 atom stereocenters. The predicted molar refractivity (Wildman–Crippen MR) is 208 cm³/mol. The summed E-state index contributed by atoms with van der Waals surface area (Å²) in [4.78, 5) is 0. The van der Waals surface area contributed by atoms with Crippen LogP contribution in [0.5, 0.6) is 11.5 Å². The van der Waals surface area contributed by atoms with E-state index in [9.17, 15) is 0 Å². The van der Waals surface area contributed by atoms with Gasteiger partial charge in [-0.3, -0.25) is 0 Å². The molecule has 2 heteroatoms. The van der Waals surface area contributed by atoms with Crippen LogP contribution in [0.25, 0.3) is 82.1 Å². The molecular formula is C48H30O2. The monoisotopic (exact) mass is 638 g/mol. The van der Waals surface area contributed by atoms with Crippen molar-refractivity contribution in [1.82, 2.24) is 0 Å². The van der Waals surface area contributed by atoms with Crippen molar-refractivity contribution in [2.24, 2.45) is 0 Å². The van der Waals surface area contributed by atoms with E-state index in [1.54, 1.807) is 0 Å². The largest absolute Gasteiger partial charge is 0.456 e. The standard InChI is InChI=1S/C48H30O2/c1-3-12-35-30(8-1)10-5-14-37(35)32-20-18-29(19-21-32)33-22-25-40-45(26-33)50-46-28-42-39-24-23-34(38-15-6-11-31-9-2-4-13-36(31)38)27-44(39)49-43-17-7-16-41(47(40)46)48(42)43/h1-20,22-28,32H,21H2. The Bertz CT molecular complexity index is 2930. The van der Waals surface area contributed by atoms with Crippen LogP contribution in [0, 0.1) is 0 Å². The topological polar surface area (TPSA) is 22.4 Å². The summed E-state index contributed by atoms with van der Waals surface area (Å²) in [6.07, 6.45) is 7.98. The summed E-state index contributed by atoms with van der Waals surface area (Å²) >= 11 is 0. The van der Waals surface area contributed by atoms with E-state index < -0.39 is 0 Å². The first-order chi connectivity index (χ1) is 24.8. The van der Waals surface area contributed by atoms with Gasteiger partial charge in [-0.2, -0.15) is 0 Å². The zero-order valence-electron chi connectivity index (χ0n) is 27.2. The summed E-state index contributed by atoms with van der Waals surface area (Å²) in [5.74, 6) is 2.11. The first kappa shape index (κ1) is 27.6. The molecule has 1 aliphatic carbocycles. The second kappa shape index (κ2) is 10.6. The van der Waals surface area contributed by atoms with E-state index in [1.165, 1.54) is 43.8 Å². The molecule has 0 N–H and O–H groups in total. The van der Waals surface area contributed by atoms with Crippen LogP contribution < -0.4 is 4.74 Å². The Kier molecular flexibility index (Phi) is 5.82. The fourth-order valence-electron chi connectivity index (χ4n) is 8.42. The van der Waals surface area contributed by atoms with E-state index in [-0.39, 0.29) is 0 Å². The van der Waals surface area contributed by atoms with Crippen LogP contribution in [-0.2, 0) is 0 Å². The Labute approximate surface area is 289 Å². The van der Waals surface area contributed by atoms with Crippen LogP contribution in [0.1, 0.15) is 23.5 Å². The maximum absolute atomic E-state index is 6.70. The number of benzene rings is 8. The minimum atomic E-state index is 0.362. The van der Waals surface area contributed by atoms with Crippen molar-refractivity contribution in [3.8, 4) is 33.8 Å². The SMILES string of the molecule is C1=CC(c2cccc3ccccc23)CC=C1c1ccc2c(c1)oc1cc3c4c(cccc4c12)Oc1cc(-c2cccc4ccccc24)ccc1-3. The molecule has 234 valence electrons. The van der Waals surface area contributed by atoms with Crippen LogP contribution in [-0.4, -0.2) is 0 Å². The lowest BCUT2D eigenvalue weighted by Gasteiger charge is -2.22. The molecule has 0 saturated heterocycles. The Balaban J connectivity index is 0.990. The van der Waals surface area contributed by atoms with Crippen molar-refractivity contribution in [1.29, 1.82) is 0 Å². The van der Waals surface area contributed by atoms with Gasteiger partial charge in [0.25, 0.3) is 0 Å². The average molecular weight is 639 g/mol. The normalized spacial score (nSPS) is 15.1. The molecule has 50 heavy (non-hydrogen) atoms. The minimum absolute atomic E-state index is 0.362. The lowest BCUT2D eigenvalue weighted by atomic mass is 9.86. The van der Waals surface area contributed by atoms with E-state index >= 15 is 0 Å². The molecule has 11 rings (SSSR count). The fraction of sp³-hybridized carbons (Fsp3) is 0.0417. The number of furan rings is 1. The maximum Gasteiger partial charge on any atom is 0.136 e. The maximum atomic E-state index is 6.70. The predicted octanol–water partition coefficient (Wildman–Crippen LogP) is 13.6. The first-order valence-electron chi connectivity index (χ1n) is 17.4. The molecule has 1 aliphatic heterocycles. The Morgan fingerprint density at radius 2 is 1.24 bits per heavy atom. The number of ether oxygens (including phenoxy) is 1. The zero-order chi connectivity index (χ0) is 32.8. The van der Waals surface area contributed by atoms with Gasteiger partial charge in [-0.25, -0.2) is 0 Å². The third-order valence-electron chi connectivity index (χ3n) is 10.8. The molecule has 2 nitrogen and oxygen atoms in total. The van der Waals surface area contributed by atoms with Gasteiger partial charge in [-0.1, -0.05) is 127 Å². The van der Waals surface area contributed by atoms with Crippen molar-refractivity contribution in [2.75, 3.05) is 0 Å². The second-order valence-corrected chi connectivity index (χ2v) is 13.6. The van der Waals surface area contributed by atoms with Gasteiger partial charge in [-0.15, -0.1) is 0 Å². The first-order valence-corrected chi connectivity index (χ1v) is 17.4. The molecule has 0 radical (unpaired) electrons. The van der Waals surface area contributed by atoms with E-state index in [0.717, 1.165) is 67.3 Å². The Hall–Kier alpha value is -6.38. The molecule has 0 saturated carbocycles. The molecule has 0 amide bonds. The quantitative estimate of drug-likeness (QED) is 0.192. The lowest BCUT2D eigenvalue weighted by molar-refractivity contribution is 0.487. The van der Waals surface area contributed by atoms with Crippen LogP contribution in [0.15, 0.2) is 168 Å². The van der Waals surface area contributed by atoms with Crippen LogP contribution >= 0.6 is 0 Å². The van der Waals surface area contributed by atoms with Crippen LogP contribution in [0.3, 0.4) is 0 Å². The molecule has 9 aromatic rings. The van der Waals surface area contributed by atoms with Gasteiger partial charge in [0.05, 0.1) is 0 Å². The molecule has 2 heterocycles. The molecule has 8 aromatic carbocycles. The number of allylic oxidation sites excluding steroid dienone is 4. The minimum Gasteiger partial charge on any atom is -0.456 e. The van der Waals surface area contributed by atoms with Crippen molar-refractivity contribution < 1.29 is 9.15 Å². The number of hydrogen-bond acceptors (Lipinski definition) is 2. The molecule has 0 bridgehead atoms. The smallest absolute Gasteiger partial charge is 0.136 e. The van der Waals surface area contributed by atoms with Crippen molar-refractivity contribution >= 4 is 59.8 Å². The molecule has 0 spiro atoms. The van der Waals surface area contributed by atoms with Crippen molar-refractivity contribution in [3.05, 3.63) is 175 Å². The summed E-state index contributed by atoms with van der Waals surface area (Å²) in [5.41, 5.74) is 10.2. The van der Waals surface area contributed by atoms with E-state index in [2.05, 4.69) is 164 Å². The third kappa shape index (κ3) is 4.09. The molecule has 0 fully saturated rings.